The average Bonchev–Trinajstić information content (AvgIpc) is 2.99. The minimum absolute atomic E-state index is 0.316. The van der Waals surface area contributed by atoms with E-state index >= 15 is 4.39 Å². The van der Waals surface area contributed by atoms with Gasteiger partial charge in [0.05, 0.1) is 5.69 Å². The van der Waals surface area contributed by atoms with Crippen molar-refractivity contribution < 1.29 is 23.4 Å². The Morgan fingerprint density at radius 2 is 1.49 bits per heavy atom. The number of piperidine rings is 1. The number of rotatable bonds is 9. The van der Waals surface area contributed by atoms with Crippen LogP contribution in [0, 0.1) is 5.82 Å². The van der Waals surface area contributed by atoms with Crippen molar-refractivity contribution in [3.63, 3.8) is 0 Å². The summed E-state index contributed by atoms with van der Waals surface area (Å²) in [5, 5.41) is 0. The molecule has 3 aromatic carbocycles. The summed E-state index contributed by atoms with van der Waals surface area (Å²) < 4.78 is 33.1. The zero-order chi connectivity index (χ0) is 30.2. The summed E-state index contributed by atoms with van der Waals surface area (Å²) in [6, 6.07) is 28.6. The van der Waals surface area contributed by atoms with Crippen molar-refractivity contribution in [2.45, 2.75) is 52.4 Å². The Morgan fingerprint density at radius 1 is 0.860 bits per heavy atom. The predicted molar refractivity (Wildman–Crippen MR) is 167 cm³/mol. The molecule has 0 saturated carbocycles. The average molecular weight is 581 g/mol. The Labute approximate surface area is 252 Å². The van der Waals surface area contributed by atoms with Crippen LogP contribution in [0.25, 0.3) is 11.1 Å². The van der Waals surface area contributed by atoms with E-state index in [1.807, 2.05) is 98.5 Å². The van der Waals surface area contributed by atoms with E-state index in [0.717, 1.165) is 16.7 Å². The number of esters is 1. The smallest absolute Gasteiger partial charge is 0.331 e. The van der Waals surface area contributed by atoms with Crippen LogP contribution in [0.4, 0.5) is 10.1 Å². The largest absolute Gasteiger partial charge is 0.473 e. The van der Waals surface area contributed by atoms with Gasteiger partial charge in [-0.15, -0.1) is 0 Å². The Morgan fingerprint density at radius 3 is 2.09 bits per heavy atom. The van der Waals surface area contributed by atoms with Crippen LogP contribution in [0.15, 0.2) is 103 Å². The van der Waals surface area contributed by atoms with Crippen molar-refractivity contribution >= 4 is 11.7 Å². The van der Waals surface area contributed by atoms with Gasteiger partial charge in [-0.1, -0.05) is 72.3 Å². The fraction of sp³-hybridized carbons (Fsp3) is 0.278. The lowest BCUT2D eigenvalue weighted by molar-refractivity contribution is -0.148. The molecule has 0 N–H and O–H groups in total. The fourth-order valence-corrected chi connectivity index (χ4v) is 4.90. The van der Waals surface area contributed by atoms with E-state index in [-0.39, 0.29) is 11.8 Å². The molecule has 1 aliphatic rings. The normalized spacial score (nSPS) is 13.4. The summed E-state index contributed by atoms with van der Waals surface area (Å²) in [7, 11) is 0. The van der Waals surface area contributed by atoms with E-state index in [2.05, 4.69) is 4.98 Å². The highest BCUT2D eigenvalue weighted by atomic mass is 19.1. The molecule has 222 valence electrons. The van der Waals surface area contributed by atoms with E-state index in [9.17, 15) is 4.79 Å². The van der Waals surface area contributed by atoms with Crippen molar-refractivity contribution in [1.82, 2.24) is 4.98 Å². The highest BCUT2D eigenvalue weighted by molar-refractivity contribution is 5.83. The van der Waals surface area contributed by atoms with Crippen LogP contribution in [-0.4, -0.2) is 29.6 Å². The molecule has 0 spiro atoms. The molecular weight excluding hydrogens is 543 g/mol. The second-order valence-electron chi connectivity index (χ2n) is 11.5. The van der Waals surface area contributed by atoms with Gasteiger partial charge in [-0.3, -0.25) is 0 Å². The van der Waals surface area contributed by atoms with Gasteiger partial charge in [0, 0.05) is 30.8 Å². The number of carbonyl (C=O) groups is 1. The van der Waals surface area contributed by atoms with Crippen LogP contribution in [0.5, 0.6) is 11.8 Å². The third-order valence-electron chi connectivity index (χ3n) is 7.02. The maximum absolute atomic E-state index is 15.6. The van der Waals surface area contributed by atoms with Gasteiger partial charge < -0.3 is 19.1 Å². The zero-order valence-electron chi connectivity index (χ0n) is 24.9. The minimum Gasteiger partial charge on any atom is -0.473 e. The van der Waals surface area contributed by atoms with Gasteiger partial charge in [-0.25, -0.2) is 9.18 Å². The number of benzene rings is 3. The first-order chi connectivity index (χ1) is 20.7. The molecule has 7 heteroatoms. The maximum atomic E-state index is 15.6. The maximum Gasteiger partial charge on any atom is 0.331 e. The monoisotopic (exact) mass is 580 g/mol. The topological polar surface area (TPSA) is 60.9 Å². The molecule has 6 nitrogen and oxygen atoms in total. The number of nitrogens with zero attached hydrogens (tertiary/aromatic N) is 2. The Kier molecular flexibility index (Phi) is 9.40. The molecule has 1 aromatic heterocycles. The number of hydrogen-bond donors (Lipinski definition) is 0. The summed E-state index contributed by atoms with van der Waals surface area (Å²) in [4.78, 5) is 18.9. The van der Waals surface area contributed by atoms with E-state index in [1.54, 1.807) is 18.2 Å². The summed E-state index contributed by atoms with van der Waals surface area (Å²) >= 11 is 0. The molecular formula is C36H37FN2O4. The molecule has 2 heterocycles. The van der Waals surface area contributed by atoms with Gasteiger partial charge in [0.2, 0.25) is 11.8 Å². The summed E-state index contributed by atoms with van der Waals surface area (Å²) in [5.74, 6) is 0.144. The van der Waals surface area contributed by atoms with Gasteiger partial charge in [-0.2, -0.15) is 4.98 Å². The van der Waals surface area contributed by atoms with Crippen molar-refractivity contribution in [1.29, 1.82) is 0 Å². The molecule has 0 atom stereocenters. The Balaban J connectivity index is 1.32. The van der Waals surface area contributed by atoms with Gasteiger partial charge in [-0.05, 0) is 68.5 Å². The first-order valence-electron chi connectivity index (χ1n) is 14.6. The third kappa shape index (κ3) is 8.44. The first kappa shape index (κ1) is 29.8. The molecule has 0 radical (unpaired) electrons. The fourth-order valence-electron chi connectivity index (χ4n) is 4.90. The van der Waals surface area contributed by atoms with Crippen LogP contribution in [0.1, 0.15) is 44.7 Å². The molecule has 0 amide bonds. The van der Waals surface area contributed by atoms with Crippen molar-refractivity contribution in [2.75, 3.05) is 18.0 Å². The molecule has 1 fully saturated rings. The molecule has 0 aliphatic carbocycles. The minimum atomic E-state index is -0.531. The predicted octanol–water partition coefficient (Wildman–Crippen LogP) is 7.91. The lowest BCUT2D eigenvalue weighted by Crippen LogP contribution is -2.31. The van der Waals surface area contributed by atoms with Gasteiger partial charge in [0.25, 0.3) is 0 Å². The second kappa shape index (κ2) is 13.6. The van der Waals surface area contributed by atoms with E-state index in [4.69, 9.17) is 14.2 Å². The Bertz CT molecular complexity index is 1560. The molecule has 1 saturated heterocycles. The third-order valence-corrected chi connectivity index (χ3v) is 7.02. The number of halogens is 1. The molecule has 4 aromatic rings. The van der Waals surface area contributed by atoms with Crippen LogP contribution in [0.3, 0.4) is 0 Å². The number of ether oxygens (including phenoxy) is 3. The van der Waals surface area contributed by atoms with Crippen molar-refractivity contribution in [3.8, 4) is 22.9 Å². The molecule has 43 heavy (non-hydrogen) atoms. The van der Waals surface area contributed by atoms with Crippen molar-refractivity contribution in [3.05, 3.63) is 120 Å². The molecule has 0 unspecified atom stereocenters. The SMILES string of the molecule is CC(C)(C)OC(=O)C=C1CCN(c2ccc(-c3ccc(OCc4ccccc4)nc3OCc3ccccc3)cc2F)CC1. The van der Waals surface area contributed by atoms with Gasteiger partial charge in [0.15, 0.2) is 0 Å². The highest BCUT2D eigenvalue weighted by Crippen LogP contribution is 2.35. The number of hydrogen-bond acceptors (Lipinski definition) is 6. The van der Waals surface area contributed by atoms with Crippen molar-refractivity contribution in [2.24, 2.45) is 0 Å². The van der Waals surface area contributed by atoms with Crippen LogP contribution >= 0.6 is 0 Å². The highest BCUT2D eigenvalue weighted by Gasteiger charge is 2.21. The zero-order valence-corrected chi connectivity index (χ0v) is 24.9. The second-order valence-corrected chi connectivity index (χ2v) is 11.5. The number of anilines is 1. The summed E-state index contributed by atoms with van der Waals surface area (Å²) in [5.41, 5.74) is 4.38. The molecule has 1 aliphatic heterocycles. The van der Waals surface area contributed by atoms with E-state index in [0.29, 0.717) is 67.7 Å². The molecule has 0 bridgehead atoms. The lowest BCUT2D eigenvalue weighted by atomic mass is 10.0. The molecule has 5 rings (SSSR count). The quantitative estimate of drug-likeness (QED) is 0.148. The van der Waals surface area contributed by atoms with Crippen LogP contribution < -0.4 is 14.4 Å². The van der Waals surface area contributed by atoms with E-state index < -0.39 is 5.60 Å². The van der Waals surface area contributed by atoms with E-state index in [1.165, 1.54) is 6.07 Å². The summed E-state index contributed by atoms with van der Waals surface area (Å²) in [6.45, 7) is 7.47. The first-order valence-corrected chi connectivity index (χ1v) is 14.6. The van der Waals surface area contributed by atoms with Crippen LogP contribution in [-0.2, 0) is 22.7 Å². The number of aromatic nitrogens is 1. The number of pyridine rings is 1. The van der Waals surface area contributed by atoms with Crippen LogP contribution in [0.2, 0.25) is 0 Å². The standard InChI is InChI=1S/C36H37FN2O4/c1-36(2,3)43-34(40)22-26-18-20-39(21-19-26)32-16-14-29(23-31(32)37)30-15-17-33(41-24-27-10-6-4-7-11-27)38-35(30)42-25-28-12-8-5-9-13-28/h4-17,22-23H,18-21,24-25H2,1-3H3. The number of carbonyl (C=O) groups excluding carboxylic acids is 1. The van der Waals surface area contributed by atoms with Gasteiger partial charge >= 0.3 is 5.97 Å². The lowest BCUT2D eigenvalue weighted by Gasteiger charge is -2.31. The summed E-state index contributed by atoms with van der Waals surface area (Å²) in [6.07, 6.45) is 2.93. The van der Waals surface area contributed by atoms with Gasteiger partial charge in [0.1, 0.15) is 24.6 Å². The Hall–Kier alpha value is -4.65.